The lowest BCUT2D eigenvalue weighted by Crippen LogP contribution is -2.30. The second-order valence-corrected chi connectivity index (χ2v) is 8.20. The number of hydrogen-bond acceptors (Lipinski definition) is 5. The molecule has 184 valence electrons. The third-order valence-electron chi connectivity index (χ3n) is 5.52. The van der Waals surface area contributed by atoms with Crippen LogP contribution in [0.2, 0.25) is 0 Å². The van der Waals surface area contributed by atoms with Crippen LogP contribution in [0.3, 0.4) is 0 Å². The van der Waals surface area contributed by atoms with Gasteiger partial charge < -0.3 is 10.1 Å². The molecule has 0 bridgehead atoms. The van der Waals surface area contributed by atoms with E-state index < -0.39 is 42.0 Å². The first kappa shape index (κ1) is 24.6. The minimum atomic E-state index is -4.58. The van der Waals surface area contributed by atoms with Crippen LogP contribution in [0.15, 0.2) is 60.7 Å². The van der Waals surface area contributed by atoms with Gasteiger partial charge in [-0.25, -0.2) is 9.69 Å². The van der Waals surface area contributed by atoms with Gasteiger partial charge in [-0.2, -0.15) is 13.2 Å². The maximum Gasteiger partial charge on any atom is 0.416 e. The zero-order valence-electron chi connectivity index (χ0n) is 19.1. The Morgan fingerprint density at radius 2 is 1.64 bits per heavy atom. The topological polar surface area (TPSA) is 92.8 Å². The van der Waals surface area contributed by atoms with Crippen molar-refractivity contribution in [3.05, 3.63) is 94.0 Å². The van der Waals surface area contributed by atoms with Crippen LogP contribution in [-0.4, -0.2) is 30.3 Å². The molecule has 0 aromatic heterocycles. The van der Waals surface area contributed by atoms with Gasteiger partial charge in [0.25, 0.3) is 17.7 Å². The van der Waals surface area contributed by atoms with Crippen molar-refractivity contribution in [3.8, 4) is 0 Å². The Balaban J connectivity index is 1.44. The summed E-state index contributed by atoms with van der Waals surface area (Å²) in [6, 6.07) is 13.1. The number of fused-ring (bicyclic) bond motifs is 1. The molecule has 10 heteroatoms. The predicted octanol–water partition coefficient (Wildman–Crippen LogP) is 4.92. The first-order valence-corrected chi connectivity index (χ1v) is 10.7. The number of hydrogen-bond donors (Lipinski definition) is 1. The molecule has 0 radical (unpaired) electrons. The van der Waals surface area contributed by atoms with Gasteiger partial charge in [-0.05, 0) is 61.9 Å². The molecule has 36 heavy (non-hydrogen) atoms. The quantitative estimate of drug-likeness (QED) is 0.400. The standard InChI is InChI=1S/C26H19F3N2O5/c1-14-6-9-21(15(2)10-14)31-23(33)19-8-7-16(11-20(19)24(31)34)25(35)36-13-22(32)30-18-5-3-4-17(12-18)26(27,28)29/h3-12H,13H2,1-2H3,(H,30,32). The van der Waals surface area contributed by atoms with E-state index in [1.807, 2.05) is 13.0 Å². The number of ether oxygens (including phenoxy) is 1. The fraction of sp³-hybridized carbons (Fsp3) is 0.154. The van der Waals surface area contributed by atoms with Crippen molar-refractivity contribution in [2.45, 2.75) is 20.0 Å². The van der Waals surface area contributed by atoms with Gasteiger partial charge in [-0.15, -0.1) is 0 Å². The van der Waals surface area contributed by atoms with E-state index in [0.717, 1.165) is 34.2 Å². The summed E-state index contributed by atoms with van der Waals surface area (Å²) in [4.78, 5) is 51.4. The first-order chi connectivity index (χ1) is 17.0. The van der Waals surface area contributed by atoms with Gasteiger partial charge in [0.05, 0.1) is 27.9 Å². The lowest BCUT2D eigenvalue weighted by molar-refractivity contribution is -0.137. The molecule has 4 rings (SSSR count). The van der Waals surface area contributed by atoms with Gasteiger partial charge in [0.1, 0.15) is 0 Å². The summed E-state index contributed by atoms with van der Waals surface area (Å²) in [7, 11) is 0. The molecule has 1 aliphatic heterocycles. The van der Waals surface area contributed by atoms with Crippen molar-refractivity contribution >= 4 is 35.1 Å². The van der Waals surface area contributed by atoms with E-state index in [1.165, 1.54) is 24.3 Å². The summed E-state index contributed by atoms with van der Waals surface area (Å²) in [5.41, 5.74) is 1.16. The average Bonchev–Trinajstić information content (AvgIpc) is 3.07. The van der Waals surface area contributed by atoms with E-state index in [9.17, 15) is 32.3 Å². The third-order valence-corrected chi connectivity index (χ3v) is 5.52. The molecular weight excluding hydrogens is 477 g/mol. The van der Waals surface area contributed by atoms with E-state index in [-0.39, 0.29) is 22.4 Å². The average molecular weight is 496 g/mol. The molecule has 0 atom stereocenters. The van der Waals surface area contributed by atoms with Crippen molar-refractivity contribution in [3.63, 3.8) is 0 Å². The van der Waals surface area contributed by atoms with Crippen LogP contribution in [-0.2, 0) is 15.7 Å². The molecule has 1 N–H and O–H groups in total. The van der Waals surface area contributed by atoms with E-state index in [1.54, 1.807) is 19.1 Å². The van der Waals surface area contributed by atoms with Crippen LogP contribution < -0.4 is 10.2 Å². The van der Waals surface area contributed by atoms with Crippen molar-refractivity contribution in [2.24, 2.45) is 0 Å². The maximum atomic E-state index is 13.0. The number of benzene rings is 3. The number of halogens is 3. The minimum Gasteiger partial charge on any atom is -0.452 e. The van der Waals surface area contributed by atoms with E-state index in [4.69, 9.17) is 4.74 Å². The highest BCUT2D eigenvalue weighted by molar-refractivity contribution is 6.35. The Bertz CT molecular complexity index is 1410. The van der Waals surface area contributed by atoms with Gasteiger partial charge in [-0.3, -0.25) is 14.4 Å². The fourth-order valence-corrected chi connectivity index (χ4v) is 3.83. The fourth-order valence-electron chi connectivity index (χ4n) is 3.83. The third kappa shape index (κ3) is 4.83. The highest BCUT2D eigenvalue weighted by atomic mass is 19.4. The van der Waals surface area contributed by atoms with Gasteiger partial charge in [0, 0.05) is 5.69 Å². The molecule has 7 nitrogen and oxygen atoms in total. The van der Waals surface area contributed by atoms with Gasteiger partial charge in [-0.1, -0.05) is 23.8 Å². The van der Waals surface area contributed by atoms with Gasteiger partial charge in [0.15, 0.2) is 6.61 Å². The smallest absolute Gasteiger partial charge is 0.416 e. The molecule has 3 aromatic rings. The van der Waals surface area contributed by atoms with Crippen molar-refractivity contribution in [2.75, 3.05) is 16.8 Å². The number of amides is 3. The minimum absolute atomic E-state index is 0.0165. The van der Waals surface area contributed by atoms with Crippen LogP contribution in [0, 0.1) is 13.8 Å². The maximum absolute atomic E-state index is 13.0. The summed E-state index contributed by atoms with van der Waals surface area (Å²) < 4.78 is 43.4. The number of esters is 1. The van der Waals surface area contributed by atoms with E-state index >= 15 is 0 Å². The van der Waals surface area contributed by atoms with Gasteiger partial charge >= 0.3 is 12.1 Å². The number of anilines is 2. The number of nitrogens with one attached hydrogen (secondary N) is 1. The normalized spacial score (nSPS) is 13.0. The van der Waals surface area contributed by atoms with Crippen molar-refractivity contribution in [1.29, 1.82) is 0 Å². The Kier molecular flexibility index (Phi) is 6.36. The second kappa shape index (κ2) is 9.29. The van der Waals surface area contributed by atoms with Crippen LogP contribution in [0.4, 0.5) is 24.5 Å². The Hall–Kier alpha value is -4.47. The monoisotopic (exact) mass is 496 g/mol. The Morgan fingerprint density at radius 3 is 2.33 bits per heavy atom. The lowest BCUT2D eigenvalue weighted by atomic mass is 10.1. The molecule has 0 aliphatic carbocycles. The zero-order chi connectivity index (χ0) is 26.2. The molecule has 0 unspecified atom stereocenters. The molecular formula is C26H19F3N2O5. The number of imide groups is 1. The number of carbonyl (C=O) groups excluding carboxylic acids is 4. The highest BCUT2D eigenvalue weighted by Crippen LogP contribution is 2.32. The molecule has 0 fully saturated rings. The second-order valence-electron chi connectivity index (χ2n) is 8.20. The number of alkyl halides is 3. The Morgan fingerprint density at radius 1 is 0.917 bits per heavy atom. The summed E-state index contributed by atoms with van der Waals surface area (Å²) in [5, 5.41) is 2.23. The highest BCUT2D eigenvalue weighted by Gasteiger charge is 2.38. The summed E-state index contributed by atoms with van der Waals surface area (Å²) in [6.07, 6.45) is -4.58. The number of nitrogens with zero attached hydrogens (tertiary/aromatic N) is 1. The van der Waals surface area contributed by atoms with Crippen LogP contribution in [0.1, 0.15) is 47.8 Å². The van der Waals surface area contributed by atoms with E-state index in [2.05, 4.69) is 5.32 Å². The molecule has 0 spiro atoms. The largest absolute Gasteiger partial charge is 0.452 e. The summed E-state index contributed by atoms with van der Waals surface area (Å²) in [5.74, 6) is -2.92. The number of rotatable bonds is 5. The Labute approximate surface area is 203 Å². The summed E-state index contributed by atoms with van der Waals surface area (Å²) in [6.45, 7) is 2.89. The van der Waals surface area contributed by atoms with Gasteiger partial charge in [0.2, 0.25) is 0 Å². The predicted molar refractivity (Wildman–Crippen MR) is 124 cm³/mol. The molecule has 0 saturated heterocycles. The van der Waals surface area contributed by atoms with Crippen LogP contribution >= 0.6 is 0 Å². The number of carbonyl (C=O) groups is 4. The SMILES string of the molecule is Cc1ccc(N2C(=O)c3ccc(C(=O)OCC(=O)Nc4cccc(C(F)(F)F)c4)cc3C2=O)c(C)c1. The van der Waals surface area contributed by atoms with Crippen molar-refractivity contribution < 1.29 is 37.1 Å². The molecule has 3 amide bonds. The van der Waals surface area contributed by atoms with E-state index in [0.29, 0.717) is 5.69 Å². The summed E-state index contributed by atoms with van der Waals surface area (Å²) >= 11 is 0. The molecule has 0 saturated carbocycles. The first-order valence-electron chi connectivity index (χ1n) is 10.7. The molecule has 3 aromatic carbocycles. The number of aryl methyl sites for hydroxylation is 2. The zero-order valence-corrected chi connectivity index (χ0v) is 19.1. The van der Waals surface area contributed by atoms with Crippen LogP contribution in [0.25, 0.3) is 0 Å². The lowest BCUT2D eigenvalue weighted by Gasteiger charge is -2.16. The molecule has 1 aliphatic rings. The van der Waals surface area contributed by atoms with Crippen molar-refractivity contribution in [1.82, 2.24) is 0 Å². The molecule has 1 heterocycles. The van der Waals surface area contributed by atoms with Crippen LogP contribution in [0.5, 0.6) is 0 Å².